The molecule has 126 valence electrons. The van der Waals surface area contributed by atoms with Gasteiger partial charge in [-0.2, -0.15) is 0 Å². The first-order valence-corrected chi connectivity index (χ1v) is 9.63. The monoisotopic (exact) mass is 343 g/mol. The highest BCUT2D eigenvalue weighted by Gasteiger charge is 2.33. The van der Waals surface area contributed by atoms with Crippen LogP contribution in [0, 0.1) is 0 Å². The predicted molar refractivity (Wildman–Crippen MR) is 115 cm³/mol. The molecule has 1 N–H and O–H groups in total. The van der Waals surface area contributed by atoms with Crippen molar-refractivity contribution in [2.75, 3.05) is 0 Å². The summed E-state index contributed by atoms with van der Waals surface area (Å²) in [7, 11) is 0. The maximum absolute atomic E-state index is 3.71. The molecule has 0 aliphatic heterocycles. The Bertz CT molecular complexity index is 1480. The molecule has 27 heavy (non-hydrogen) atoms. The molecule has 1 nitrogen and oxygen atoms in total. The standard InChI is InChI=1S/C26H17N/c1-2-7-16-13-23-22(12-15(16)6-1)26-20-11-5-10-19-17-8-3-4-9-18(17)21(25(19)20)14-24(26)27-23/h1-14,17-18,27H. The Kier molecular flexibility index (Phi) is 2.40. The number of hydrogen-bond donors (Lipinski definition) is 1. The summed E-state index contributed by atoms with van der Waals surface area (Å²) >= 11 is 0. The van der Waals surface area contributed by atoms with Gasteiger partial charge in [0.15, 0.2) is 0 Å². The molecule has 1 aromatic heterocycles. The van der Waals surface area contributed by atoms with Crippen molar-refractivity contribution in [3.05, 3.63) is 96.1 Å². The lowest BCUT2D eigenvalue weighted by molar-refractivity contribution is 0.769. The van der Waals surface area contributed by atoms with Crippen molar-refractivity contribution in [1.82, 2.24) is 4.98 Å². The van der Waals surface area contributed by atoms with Crippen LogP contribution in [0.2, 0.25) is 0 Å². The third-order valence-corrected chi connectivity index (χ3v) is 6.50. The molecule has 7 rings (SSSR count). The zero-order valence-corrected chi connectivity index (χ0v) is 14.7. The van der Waals surface area contributed by atoms with Crippen molar-refractivity contribution in [3.63, 3.8) is 0 Å². The van der Waals surface area contributed by atoms with E-state index in [-0.39, 0.29) is 0 Å². The van der Waals surface area contributed by atoms with Crippen LogP contribution in [0.3, 0.4) is 0 Å². The fraction of sp³-hybridized carbons (Fsp3) is 0.0769. The molecule has 0 amide bonds. The number of benzene rings is 4. The highest BCUT2D eigenvalue weighted by Crippen LogP contribution is 2.51. The van der Waals surface area contributed by atoms with Gasteiger partial charge in [0.2, 0.25) is 0 Å². The second-order valence-electron chi connectivity index (χ2n) is 7.85. The number of aromatic nitrogens is 1. The molecule has 0 fully saturated rings. The Morgan fingerprint density at radius 1 is 0.593 bits per heavy atom. The quantitative estimate of drug-likeness (QED) is 0.314. The molecule has 0 spiro atoms. The van der Waals surface area contributed by atoms with Crippen LogP contribution in [0.25, 0.3) is 43.4 Å². The average Bonchev–Trinajstić information content (AvgIpc) is 3.23. The number of fused-ring (bicyclic) bond motifs is 8. The number of allylic oxidation sites excluding steroid dienone is 4. The van der Waals surface area contributed by atoms with Crippen molar-refractivity contribution in [1.29, 1.82) is 0 Å². The van der Waals surface area contributed by atoms with E-state index in [1.807, 2.05) is 0 Å². The summed E-state index contributed by atoms with van der Waals surface area (Å²) in [5, 5.41) is 8.13. The van der Waals surface area contributed by atoms with Crippen LogP contribution in [0.1, 0.15) is 23.0 Å². The molecule has 2 unspecified atom stereocenters. The number of aromatic amines is 1. The first-order chi connectivity index (χ1) is 13.4. The zero-order valence-electron chi connectivity index (χ0n) is 14.7. The van der Waals surface area contributed by atoms with Gasteiger partial charge in [-0.3, -0.25) is 0 Å². The van der Waals surface area contributed by atoms with E-state index >= 15 is 0 Å². The maximum Gasteiger partial charge on any atom is 0.0474 e. The van der Waals surface area contributed by atoms with E-state index in [1.165, 1.54) is 54.5 Å². The highest BCUT2D eigenvalue weighted by molar-refractivity contribution is 6.23. The van der Waals surface area contributed by atoms with Crippen LogP contribution >= 0.6 is 0 Å². The summed E-state index contributed by atoms with van der Waals surface area (Å²) in [4.78, 5) is 3.71. The van der Waals surface area contributed by atoms with Crippen molar-refractivity contribution < 1.29 is 0 Å². The number of hydrogen-bond acceptors (Lipinski definition) is 0. The summed E-state index contributed by atoms with van der Waals surface area (Å²) in [6.45, 7) is 0. The number of H-pyrrole nitrogens is 1. The molecular formula is C26H17N. The van der Waals surface area contributed by atoms with E-state index in [9.17, 15) is 0 Å². The minimum absolute atomic E-state index is 0.463. The van der Waals surface area contributed by atoms with Gasteiger partial charge in [-0.1, -0.05) is 66.8 Å². The molecule has 4 aromatic carbocycles. The van der Waals surface area contributed by atoms with E-state index in [4.69, 9.17) is 0 Å². The summed E-state index contributed by atoms with van der Waals surface area (Å²) in [5.41, 5.74) is 5.42. The molecular weight excluding hydrogens is 326 g/mol. The molecule has 0 saturated carbocycles. The van der Waals surface area contributed by atoms with E-state index in [0.717, 1.165) is 0 Å². The van der Waals surface area contributed by atoms with Crippen LogP contribution < -0.4 is 0 Å². The predicted octanol–water partition coefficient (Wildman–Crippen LogP) is 6.93. The first-order valence-electron chi connectivity index (χ1n) is 9.63. The fourth-order valence-electron chi connectivity index (χ4n) is 5.37. The second kappa shape index (κ2) is 4.69. The van der Waals surface area contributed by atoms with Gasteiger partial charge in [-0.15, -0.1) is 0 Å². The average molecular weight is 343 g/mol. The highest BCUT2D eigenvalue weighted by atomic mass is 14.7. The van der Waals surface area contributed by atoms with Crippen LogP contribution in [0.4, 0.5) is 0 Å². The topological polar surface area (TPSA) is 15.8 Å². The smallest absolute Gasteiger partial charge is 0.0474 e. The van der Waals surface area contributed by atoms with E-state index in [0.29, 0.717) is 11.8 Å². The summed E-state index contributed by atoms with van der Waals surface area (Å²) in [6.07, 6.45) is 9.11. The largest absolute Gasteiger partial charge is 0.354 e. The third kappa shape index (κ3) is 1.65. The molecule has 2 aliphatic carbocycles. The summed E-state index contributed by atoms with van der Waals surface area (Å²) < 4.78 is 0. The molecule has 5 aromatic rings. The van der Waals surface area contributed by atoms with Crippen molar-refractivity contribution in [2.45, 2.75) is 11.8 Å². The minimum Gasteiger partial charge on any atom is -0.354 e. The van der Waals surface area contributed by atoms with Gasteiger partial charge in [0.25, 0.3) is 0 Å². The van der Waals surface area contributed by atoms with Crippen LogP contribution in [0.15, 0.2) is 85.0 Å². The SMILES string of the molecule is C1=CC2c3cccc4c3c(cc3[nH]c5cc6ccccc6cc5c34)C2C=C1. The van der Waals surface area contributed by atoms with Crippen molar-refractivity contribution in [3.8, 4) is 0 Å². The maximum atomic E-state index is 3.71. The third-order valence-electron chi connectivity index (χ3n) is 6.50. The van der Waals surface area contributed by atoms with Crippen LogP contribution in [-0.2, 0) is 0 Å². The molecule has 2 atom stereocenters. The van der Waals surface area contributed by atoms with Gasteiger partial charge in [-0.25, -0.2) is 0 Å². The Hall–Kier alpha value is -3.32. The lowest BCUT2D eigenvalue weighted by atomic mass is 9.86. The van der Waals surface area contributed by atoms with E-state index < -0.39 is 0 Å². The van der Waals surface area contributed by atoms with E-state index in [1.54, 1.807) is 0 Å². The van der Waals surface area contributed by atoms with E-state index in [2.05, 4.69) is 90.0 Å². The second-order valence-corrected chi connectivity index (χ2v) is 7.85. The molecule has 1 heterocycles. The summed E-state index contributed by atoms with van der Waals surface area (Å²) in [6, 6.07) is 22.5. The van der Waals surface area contributed by atoms with Gasteiger partial charge in [0.1, 0.15) is 0 Å². The van der Waals surface area contributed by atoms with Gasteiger partial charge >= 0.3 is 0 Å². The first kappa shape index (κ1) is 13.8. The Balaban J connectivity index is 1.70. The minimum atomic E-state index is 0.463. The van der Waals surface area contributed by atoms with Crippen LogP contribution in [0.5, 0.6) is 0 Å². The Morgan fingerprint density at radius 3 is 2.22 bits per heavy atom. The summed E-state index contributed by atoms with van der Waals surface area (Å²) in [5.74, 6) is 0.942. The molecule has 2 aliphatic rings. The number of rotatable bonds is 0. The van der Waals surface area contributed by atoms with Gasteiger partial charge in [0.05, 0.1) is 0 Å². The number of nitrogens with one attached hydrogen (secondary N) is 1. The molecule has 0 radical (unpaired) electrons. The fourth-order valence-corrected chi connectivity index (χ4v) is 5.37. The van der Waals surface area contributed by atoms with Gasteiger partial charge < -0.3 is 4.98 Å². The van der Waals surface area contributed by atoms with Crippen LogP contribution in [-0.4, -0.2) is 4.98 Å². The lowest BCUT2D eigenvalue weighted by Crippen LogP contribution is -2.02. The normalized spacial score (nSPS) is 20.3. The lowest BCUT2D eigenvalue weighted by Gasteiger charge is -2.17. The molecule has 0 bridgehead atoms. The Morgan fingerprint density at radius 2 is 1.37 bits per heavy atom. The molecule has 1 heteroatoms. The van der Waals surface area contributed by atoms with Crippen molar-refractivity contribution >= 4 is 43.4 Å². The zero-order chi connectivity index (χ0) is 17.5. The van der Waals surface area contributed by atoms with Crippen molar-refractivity contribution in [2.24, 2.45) is 0 Å². The van der Waals surface area contributed by atoms with Gasteiger partial charge in [0, 0.05) is 33.6 Å². The Labute approximate surface area is 156 Å². The molecule has 0 saturated heterocycles. The van der Waals surface area contributed by atoms with Gasteiger partial charge in [-0.05, 0) is 50.9 Å².